The Morgan fingerprint density at radius 3 is 2.11 bits per heavy atom. The maximum absolute atomic E-state index is 13.1. The summed E-state index contributed by atoms with van der Waals surface area (Å²) in [6.07, 6.45) is -3.89. The third-order valence-electron chi connectivity index (χ3n) is 3.19. The summed E-state index contributed by atoms with van der Waals surface area (Å²) in [5, 5.41) is 2.30. The highest BCUT2D eigenvalue weighted by atomic mass is 19.4. The standard InChI is InChI=1S/C12H11F6N/c13-7-4-6(5-8(14)11(7)15)9-2-1-3-10(19-9)12(16,17)18/h4-5,9-10,19H,1-3H2. The molecule has 1 aromatic carbocycles. The lowest BCUT2D eigenvalue weighted by Crippen LogP contribution is -2.46. The van der Waals surface area contributed by atoms with Gasteiger partial charge in [-0.1, -0.05) is 0 Å². The molecule has 0 aromatic heterocycles. The summed E-state index contributed by atoms with van der Waals surface area (Å²) in [6, 6.07) is -1.07. The molecule has 1 nitrogen and oxygen atoms in total. The number of piperidine rings is 1. The van der Waals surface area contributed by atoms with Crippen molar-refractivity contribution in [3.63, 3.8) is 0 Å². The number of alkyl halides is 3. The molecular weight excluding hydrogens is 272 g/mol. The molecule has 0 spiro atoms. The van der Waals surface area contributed by atoms with Crippen LogP contribution < -0.4 is 5.32 Å². The van der Waals surface area contributed by atoms with Crippen LogP contribution in [-0.2, 0) is 0 Å². The molecule has 1 saturated heterocycles. The molecule has 19 heavy (non-hydrogen) atoms. The Bertz CT molecular complexity index is 447. The van der Waals surface area contributed by atoms with Crippen molar-refractivity contribution >= 4 is 0 Å². The first kappa shape index (κ1) is 14.2. The molecule has 2 rings (SSSR count). The second-order valence-electron chi connectivity index (χ2n) is 4.54. The van der Waals surface area contributed by atoms with Gasteiger partial charge in [0.1, 0.15) is 6.04 Å². The maximum Gasteiger partial charge on any atom is 0.403 e. The van der Waals surface area contributed by atoms with Crippen LogP contribution in [0.5, 0.6) is 0 Å². The molecule has 1 heterocycles. The normalized spacial score (nSPS) is 24.5. The third-order valence-corrected chi connectivity index (χ3v) is 3.19. The molecular formula is C12H11F6N. The average Bonchev–Trinajstić information content (AvgIpc) is 2.34. The van der Waals surface area contributed by atoms with Crippen molar-refractivity contribution in [2.24, 2.45) is 0 Å². The van der Waals surface area contributed by atoms with E-state index in [1.54, 1.807) is 0 Å². The van der Waals surface area contributed by atoms with Crippen molar-refractivity contribution in [3.8, 4) is 0 Å². The molecule has 1 aliphatic heterocycles. The van der Waals surface area contributed by atoms with Gasteiger partial charge in [0.25, 0.3) is 0 Å². The fourth-order valence-corrected chi connectivity index (χ4v) is 2.23. The van der Waals surface area contributed by atoms with E-state index >= 15 is 0 Å². The van der Waals surface area contributed by atoms with E-state index < -0.39 is 35.7 Å². The maximum atomic E-state index is 13.1. The van der Waals surface area contributed by atoms with Gasteiger partial charge in [0.05, 0.1) is 0 Å². The summed E-state index contributed by atoms with van der Waals surface area (Å²) in [7, 11) is 0. The van der Waals surface area contributed by atoms with E-state index in [0.717, 1.165) is 12.1 Å². The Morgan fingerprint density at radius 2 is 1.58 bits per heavy atom. The van der Waals surface area contributed by atoms with Crippen LogP contribution >= 0.6 is 0 Å². The number of hydrogen-bond acceptors (Lipinski definition) is 1. The van der Waals surface area contributed by atoms with Gasteiger partial charge in [-0.15, -0.1) is 0 Å². The van der Waals surface area contributed by atoms with Crippen molar-refractivity contribution in [2.45, 2.75) is 37.5 Å². The number of rotatable bonds is 1. The number of hydrogen-bond donors (Lipinski definition) is 1. The highest BCUT2D eigenvalue weighted by Crippen LogP contribution is 2.33. The average molecular weight is 283 g/mol. The molecule has 7 heteroatoms. The molecule has 0 bridgehead atoms. The topological polar surface area (TPSA) is 12.0 Å². The first-order valence-corrected chi connectivity index (χ1v) is 5.76. The fourth-order valence-electron chi connectivity index (χ4n) is 2.23. The first-order valence-electron chi connectivity index (χ1n) is 5.76. The zero-order valence-corrected chi connectivity index (χ0v) is 9.70. The number of halogens is 6. The minimum Gasteiger partial charge on any atom is -0.299 e. The zero-order chi connectivity index (χ0) is 14.2. The van der Waals surface area contributed by atoms with Crippen molar-refractivity contribution in [1.82, 2.24) is 5.32 Å². The molecule has 2 atom stereocenters. The predicted molar refractivity (Wildman–Crippen MR) is 55.9 cm³/mol. The molecule has 1 fully saturated rings. The molecule has 0 radical (unpaired) electrons. The number of benzene rings is 1. The van der Waals surface area contributed by atoms with Crippen LogP contribution in [0.2, 0.25) is 0 Å². The first-order chi connectivity index (χ1) is 8.79. The summed E-state index contributed by atoms with van der Waals surface area (Å²) in [6.45, 7) is 0. The van der Waals surface area contributed by atoms with Crippen LogP contribution in [0.15, 0.2) is 12.1 Å². The van der Waals surface area contributed by atoms with Crippen molar-refractivity contribution in [2.75, 3.05) is 0 Å². The highest BCUT2D eigenvalue weighted by molar-refractivity contribution is 5.23. The summed E-state index contributed by atoms with van der Waals surface area (Å²) in [5.41, 5.74) is -0.00894. The van der Waals surface area contributed by atoms with Crippen LogP contribution in [0, 0.1) is 17.5 Å². The Morgan fingerprint density at radius 1 is 1.00 bits per heavy atom. The van der Waals surface area contributed by atoms with Gasteiger partial charge in [-0.05, 0) is 37.0 Å². The van der Waals surface area contributed by atoms with Gasteiger partial charge in [0, 0.05) is 6.04 Å². The Hall–Kier alpha value is -1.24. The third kappa shape index (κ3) is 3.02. The lowest BCUT2D eigenvalue weighted by atomic mass is 9.93. The Labute approximate surface area is 105 Å². The van der Waals surface area contributed by atoms with E-state index in [1.807, 2.05) is 0 Å². The smallest absolute Gasteiger partial charge is 0.299 e. The SMILES string of the molecule is Fc1cc(C2CCCC(C(F)(F)F)N2)cc(F)c1F. The van der Waals surface area contributed by atoms with Crippen LogP contribution in [0.4, 0.5) is 26.3 Å². The minimum atomic E-state index is -4.41. The second-order valence-corrected chi connectivity index (χ2v) is 4.54. The van der Waals surface area contributed by atoms with Gasteiger partial charge in [-0.2, -0.15) is 13.2 Å². The quantitative estimate of drug-likeness (QED) is 0.610. The van der Waals surface area contributed by atoms with E-state index in [2.05, 4.69) is 5.32 Å². The van der Waals surface area contributed by atoms with Gasteiger partial charge < -0.3 is 0 Å². The molecule has 1 N–H and O–H groups in total. The monoisotopic (exact) mass is 283 g/mol. The lowest BCUT2D eigenvalue weighted by molar-refractivity contribution is -0.163. The van der Waals surface area contributed by atoms with Gasteiger partial charge >= 0.3 is 6.18 Å². The summed E-state index contributed by atoms with van der Waals surface area (Å²) >= 11 is 0. The van der Waals surface area contributed by atoms with Crippen molar-refractivity contribution in [1.29, 1.82) is 0 Å². The van der Waals surface area contributed by atoms with E-state index in [-0.39, 0.29) is 18.4 Å². The molecule has 1 aliphatic rings. The zero-order valence-electron chi connectivity index (χ0n) is 9.70. The molecule has 2 unspecified atom stereocenters. The van der Waals surface area contributed by atoms with E-state index in [4.69, 9.17) is 0 Å². The van der Waals surface area contributed by atoms with E-state index in [9.17, 15) is 26.3 Å². The number of nitrogens with one attached hydrogen (secondary N) is 1. The van der Waals surface area contributed by atoms with E-state index in [0.29, 0.717) is 6.42 Å². The van der Waals surface area contributed by atoms with Crippen molar-refractivity contribution in [3.05, 3.63) is 35.1 Å². The molecule has 1 aromatic rings. The second kappa shape index (κ2) is 5.03. The van der Waals surface area contributed by atoms with Gasteiger partial charge in [-0.3, -0.25) is 5.32 Å². The predicted octanol–water partition coefficient (Wildman–Crippen LogP) is 3.85. The van der Waals surface area contributed by atoms with Crippen LogP contribution in [0.25, 0.3) is 0 Å². The molecule has 0 saturated carbocycles. The van der Waals surface area contributed by atoms with Gasteiger partial charge in [0.2, 0.25) is 0 Å². The minimum absolute atomic E-state index is 0.00894. The van der Waals surface area contributed by atoms with Crippen molar-refractivity contribution < 1.29 is 26.3 Å². The molecule has 0 aliphatic carbocycles. The van der Waals surface area contributed by atoms with Crippen LogP contribution in [-0.4, -0.2) is 12.2 Å². The van der Waals surface area contributed by atoms with Gasteiger partial charge in [-0.25, -0.2) is 13.2 Å². The van der Waals surface area contributed by atoms with Crippen LogP contribution in [0.3, 0.4) is 0 Å². The van der Waals surface area contributed by atoms with Gasteiger partial charge in [0.15, 0.2) is 17.5 Å². The fraction of sp³-hybridized carbons (Fsp3) is 0.500. The molecule has 0 amide bonds. The molecule has 106 valence electrons. The summed E-state index contributed by atoms with van der Waals surface area (Å²) in [5.74, 6) is -4.41. The largest absolute Gasteiger partial charge is 0.403 e. The Kier molecular flexibility index (Phi) is 3.75. The summed E-state index contributed by atoms with van der Waals surface area (Å²) in [4.78, 5) is 0. The summed E-state index contributed by atoms with van der Waals surface area (Å²) < 4.78 is 76.7. The van der Waals surface area contributed by atoms with E-state index in [1.165, 1.54) is 0 Å². The van der Waals surface area contributed by atoms with Crippen LogP contribution in [0.1, 0.15) is 30.9 Å². The Balaban J connectivity index is 2.22. The highest BCUT2D eigenvalue weighted by Gasteiger charge is 2.42. The lowest BCUT2D eigenvalue weighted by Gasteiger charge is -2.32.